The Morgan fingerprint density at radius 2 is 2.12 bits per heavy atom. The molecule has 0 spiro atoms. The summed E-state index contributed by atoms with van der Waals surface area (Å²) in [6.07, 6.45) is 3.24. The lowest BCUT2D eigenvalue weighted by Gasteiger charge is -2.24. The van der Waals surface area contributed by atoms with Crippen molar-refractivity contribution in [1.29, 1.82) is 0 Å². The Balaban J connectivity index is 1.48. The van der Waals surface area contributed by atoms with Crippen LogP contribution in [0.3, 0.4) is 0 Å². The van der Waals surface area contributed by atoms with Crippen LogP contribution in [-0.4, -0.2) is 16.9 Å². The SMILES string of the molecule is Cc1ccccc1CC(=O)NC1CCc2[nH]c3cc(Cl)ccc3c2C1. The molecule has 4 heteroatoms. The van der Waals surface area contributed by atoms with E-state index >= 15 is 0 Å². The first kappa shape index (κ1) is 16.2. The van der Waals surface area contributed by atoms with E-state index in [-0.39, 0.29) is 11.9 Å². The fourth-order valence-corrected chi connectivity index (χ4v) is 3.95. The molecule has 1 heterocycles. The molecule has 1 aromatic heterocycles. The number of carbonyl (C=O) groups is 1. The highest BCUT2D eigenvalue weighted by Crippen LogP contribution is 2.30. The van der Waals surface area contributed by atoms with Gasteiger partial charge in [0.1, 0.15) is 0 Å². The lowest BCUT2D eigenvalue weighted by Crippen LogP contribution is -2.39. The predicted molar refractivity (Wildman–Crippen MR) is 102 cm³/mol. The average Bonchev–Trinajstić information content (AvgIpc) is 2.93. The Labute approximate surface area is 152 Å². The lowest BCUT2D eigenvalue weighted by atomic mass is 9.91. The molecule has 0 radical (unpaired) electrons. The number of fused-ring (bicyclic) bond motifs is 3. The number of rotatable bonds is 3. The molecule has 1 aliphatic rings. The molecule has 1 atom stereocenters. The Kier molecular flexibility index (Phi) is 4.26. The summed E-state index contributed by atoms with van der Waals surface area (Å²) in [6, 6.07) is 14.2. The molecule has 3 aromatic rings. The quantitative estimate of drug-likeness (QED) is 0.723. The molecular weight excluding hydrogens is 332 g/mol. The van der Waals surface area contributed by atoms with Crippen molar-refractivity contribution in [1.82, 2.24) is 10.3 Å². The van der Waals surface area contributed by atoms with Crippen LogP contribution < -0.4 is 5.32 Å². The number of benzene rings is 2. The van der Waals surface area contributed by atoms with E-state index in [1.54, 1.807) is 0 Å². The maximum atomic E-state index is 12.5. The van der Waals surface area contributed by atoms with Gasteiger partial charge in [0.05, 0.1) is 6.42 Å². The summed E-state index contributed by atoms with van der Waals surface area (Å²) in [5.41, 5.74) is 5.94. The number of aromatic amines is 1. The molecule has 128 valence electrons. The van der Waals surface area contributed by atoms with Crippen LogP contribution in [0.4, 0.5) is 0 Å². The summed E-state index contributed by atoms with van der Waals surface area (Å²) in [5.74, 6) is 0.102. The number of hydrogen-bond donors (Lipinski definition) is 2. The van der Waals surface area contributed by atoms with Crippen LogP contribution in [0, 0.1) is 6.92 Å². The molecule has 0 saturated carbocycles. The van der Waals surface area contributed by atoms with Crippen molar-refractivity contribution in [2.75, 3.05) is 0 Å². The topological polar surface area (TPSA) is 44.9 Å². The fourth-order valence-electron chi connectivity index (χ4n) is 3.78. The number of amides is 1. The van der Waals surface area contributed by atoms with Crippen LogP contribution in [0.1, 0.15) is 28.8 Å². The van der Waals surface area contributed by atoms with Crippen LogP contribution in [-0.2, 0) is 24.1 Å². The van der Waals surface area contributed by atoms with Crippen molar-refractivity contribution in [2.24, 2.45) is 0 Å². The van der Waals surface area contributed by atoms with E-state index in [9.17, 15) is 4.79 Å². The first-order valence-corrected chi connectivity index (χ1v) is 9.11. The smallest absolute Gasteiger partial charge is 0.224 e. The van der Waals surface area contributed by atoms with Crippen molar-refractivity contribution in [3.63, 3.8) is 0 Å². The molecule has 0 bridgehead atoms. The van der Waals surface area contributed by atoms with Crippen molar-refractivity contribution in [2.45, 2.75) is 38.6 Å². The van der Waals surface area contributed by atoms with E-state index in [2.05, 4.69) is 16.4 Å². The van der Waals surface area contributed by atoms with Crippen LogP contribution in [0.2, 0.25) is 5.02 Å². The van der Waals surface area contributed by atoms with Crippen LogP contribution in [0.25, 0.3) is 10.9 Å². The molecule has 2 N–H and O–H groups in total. The van der Waals surface area contributed by atoms with E-state index in [0.29, 0.717) is 6.42 Å². The van der Waals surface area contributed by atoms with Crippen LogP contribution in [0.5, 0.6) is 0 Å². The molecule has 0 aliphatic heterocycles. The molecule has 1 amide bonds. The van der Waals surface area contributed by atoms with Gasteiger partial charge in [0.15, 0.2) is 0 Å². The minimum atomic E-state index is 0.102. The minimum Gasteiger partial charge on any atom is -0.358 e. The second-order valence-corrected chi connectivity index (χ2v) is 7.32. The van der Waals surface area contributed by atoms with E-state index in [4.69, 9.17) is 11.6 Å². The summed E-state index contributed by atoms with van der Waals surface area (Å²) in [5, 5.41) is 5.19. The van der Waals surface area contributed by atoms with E-state index in [0.717, 1.165) is 40.9 Å². The zero-order valence-corrected chi connectivity index (χ0v) is 15.0. The van der Waals surface area contributed by atoms with Crippen molar-refractivity contribution < 1.29 is 4.79 Å². The summed E-state index contributed by atoms with van der Waals surface area (Å²) >= 11 is 6.09. The number of aryl methyl sites for hydroxylation is 2. The predicted octanol–water partition coefficient (Wildman–Crippen LogP) is 4.35. The average molecular weight is 353 g/mol. The number of H-pyrrole nitrogens is 1. The van der Waals surface area contributed by atoms with Crippen molar-refractivity contribution in [3.05, 3.63) is 69.9 Å². The second kappa shape index (κ2) is 6.57. The van der Waals surface area contributed by atoms with Gasteiger partial charge >= 0.3 is 0 Å². The van der Waals surface area contributed by atoms with Gasteiger partial charge in [-0.2, -0.15) is 0 Å². The zero-order chi connectivity index (χ0) is 17.4. The number of nitrogens with one attached hydrogen (secondary N) is 2. The summed E-state index contributed by atoms with van der Waals surface area (Å²) < 4.78 is 0. The molecule has 25 heavy (non-hydrogen) atoms. The highest BCUT2D eigenvalue weighted by Gasteiger charge is 2.23. The Morgan fingerprint density at radius 3 is 2.96 bits per heavy atom. The highest BCUT2D eigenvalue weighted by atomic mass is 35.5. The second-order valence-electron chi connectivity index (χ2n) is 6.88. The van der Waals surface area contributed by atoms with Gasteiger partial charge < -0.3 is 10.3 Å². The van der Waals surface area contributed by atoms with Gasteiger partial charge in [-0.1, -0.05) is 41.9 Å². The molecule has 3 nitrogen and oxygen atoms in total. The van der Waals surface area contributed by atoms with Crippen molar-refractivity contribution >= 4 is 28.4 Å². The number of carbonyl (C=O) groups excluding carboxylic acids is 1. The summed E-state index contributed by atoms with van der Waals surface area (Å²) in [7, 11) is 0. The first-order chi connectivity index (χ1) is 12.1. The molecule has 2 aromatic carbocycles. The molecule has 1 unspecified atom stereocenters. The molecule has 4 rings (SSSR count). The summed E-state index contributed by atoms with van der Waals surface area (Å²) in [6.45, 7) is 2.05. The van der Waals surface area contributed by atoms with Crippen LogP contribution >= 0.6 is 11.6 Å². The third kappa shape index (κ3) is 3.29. The maximum absolute atomic E-state index is 12.5. The number of hydrogen-bond acceptors (Lipinski definition) is 1. The monoisotopic (exact) mass is 352 g/mol. The first-order valence-electron chi connectivity index (χ1n) is 8.73. The third-order valence-electron chi connectivity index (χ3n) is 5.13. The highest BCUT2D eigenvalue weighted by molar-refractivity contribution is 6.31. The molecular formula is C21H21ClN2O. The number of aromatic nitrogens is 1. The minimum absolute atomic E-state index is 0.102. The Bertz CT molecular complexity index is 944. The van der Waals surface area contributed by atoms with Crippen LogP contribution in [0.15, 0.2) is 42.5 Å². The van der Waals surface area contributed by atoms with Gasteiger partial charge in [-0.05, 0) is 55.0 Å². The molecule has 1 aliphatic carbocycles. The van der Waals surface area contributed by atoms with Gasteiger partial charge in [-0.25, -0.2) is 0 Å². The van der Waals surface area contributed by atoms with Gasteiger partial charge in [0.2, 0.25) is 5.91 Å². The van der Waals surface area contributed by atoms with Gasteiger partial charge in [0.25, 0.3) is 0 Å². The standard InChI is InChI=1S/C21H21ClN2O/c1-13-4-2-3-5-14(13)10-21(25)23-16-7-9-19-18(12-16)17-8-6-15(22)11-20(17)24-19/h2-6,8,11,16,24H,7,9-10,12H2,1H3,(H,23,25). The van der Waals surface area contributed by atoms with E-state index in [1.165, 1.54) is 16.6 Å². The number of halogens is 1. The third-order valence-corrected chi connectivity index (χ3v) is 5.36. The fraction of sp³-hybridized carbons (Fsp3) is 0.286. The van der Waals surface area contributed by atoms with Gasteiger partial charge in [0, 0.05) is 27.7 Å². The maximum Gasteiger partial charge on any atom is 0.224 e. The van der Waals surface area contributed by atoms with Crippen molar-refractivity contribution in [3.8, 4) is 0 Å². The zero-order valence-electron chi connectivity index (χ0n) is 14.2. The Hall–Kier alpha value is -2.26. The van der Waals surface area contributed by atoms with Gasteiger partial charge in [-0.3, -0.25) is 4.79 Å². The normalized spacial score (nSPS) is 16.6. The molecule has 0 saturated heterocycles. The van der Waals surface area contributed by atoms with E-state index in [1.807, 2.05) is 43.3 Å². The lowest BCUT2D eigenvalue weighted by molar-refractivity contribution is -0.121. The largest absolute Gasteiger partial charge is 0.358 e. The Morgan fingerprint density at radius 1 is 1.28 bits per heavy atom. The van der Waals surface area contributed by atoms with Gasteiger partial charge in [-0.15, -0.1) is 0 Å². The summed E-state index contributed by atoms with van der Waals surface area (Å²) in [4.78, 5) is 15.9. The van der Waals surface area contributed by atoms with E-state index < -0.39 is 0 Å². The molecule has 0 fully saturated rings.